The van der Waals surface area contributed by atoms with Gasteiger partial charge in [-0.05, 0) is 42.9 Å². The van der Waals surface area contributed by atoms with E-state index in [1.165, 1.54) is 16.2 Å². The zero-order valence-electron chi connectivity index (χ0n) is 15.3. The Bertz CT molecular complexity index is 892. The highest BCUT2D eigenvalue weighted by Crippen LogP contribution is 2.40. The molecule has 27 heavy (non-hydrogen) atoms. The molecule has 1 aliphatic heterocycles. The molecule has 0 unspecified atom stereocenters. The third kappa shape index (κ3) is 3.39. The number of para-hydroxylation sites is 2. The lowest BCUT2D eigenvalue weighted by atomic mass is 9.88. The molecule has 2 aliphatic rings. The Kier molecular flexibility index (Phi) is 4.78. The van der Waals surface area contributed by atoms with E-state index < -0.39 is 6.10 Å². The van der Waals surface area contributed by atoms with Crippen molar-refractivity contribution in [2.75, 3.05) is 19.0 Å². The molecule has 0 saturated carbocycles. The number of hydrogen-bond donors (Lipinski definition) is 2. The highest BCUT2D eigenvalue weighted by Gasteiger charge is 2.31. The van der Waals surface area contributed by atoms with Crippen LogP contribution in [0, 0.1) is 5.92 Å². The quantitative estimate of drug-likeness (QED) is 0.850. The summed E-state index contributed by atoms with van der Waals surface area (Å²) in [5.74, 6) is 1.30. The molecule has 1 aromatic carbocycles. The fourth-order valence-electron chi connectivity index (χ4n) is 3.55. The predicted molar refractivity (Wildman–Crippen MR) is 104 cm³/mol. The van der Waals surface area contributed by atoms with Gasteiger partial charge in [0, 0.05) is 11.9 Å². The minimum atomic E-state index is -0.754. The summed E-state index contributed by atoms with van der Waals surface area (Å²) < 4.78 is 11.4. The van der Waals surface area contributed by atoms with Crippen LogP contribution in [0.3, 0.4) is 0 Å². The summed E-state index contributed by atoms with van der Waals surface area (Å²) in [6.07, 6.45) is 2.10. The third-order valence-corrected chi connectivity index (χ3v) is 6.17. The van der Waals surface area contributed by atoms with Crippen molar-refractivity contribution in [3.05, 3.63) is 40.3 Å². The van der Waals surface area contributed by atoms with Gasteiger partial charge in [0.2, 0.25) is 6.10 Å². The minimum Gasteiger partial charge on any atom is -0.485 e. The van der Waals surface area contributed by atoms with E-state index in [2.05, 4.69) is 17.6 Å². The van der Waals surface area contributed by atoms with E-state index in [1.54, 1.807) is 13.1 Å². The number of thiophene rings is 1. The monoisotopic (exact) mass is 386 g/mol. The molecule has 2 atom stereocenters. The number of rotatable bonds is 3. The Balaban J connectivity index is 1.57. The maximum atomic E-state index is 12.8. The van der Waals surface area contributed by atoms with Crippen LogP contribution in [0.2, 0.25) is 0 Å². The van der Waals surface area contributed by atoms with Gasteiger partial charge >= 0.3 is 0 Å². The molecule has 2 aromatic rings. The van der Waals surface area contributed by atoms with Gasteiger partial charge in [0.05, 0.1) is 5.56 Å². The number of amides is 2. The minimum absolute atomic E-state index is 0.139. The molecule has 7 heteroatoms. The van der Waals surface area contributed by atoms with Crippen molar-refractivity contribution in [3.8, 4) is 11.5 Å². The molecule has 2 N–H and O–H groups in total. The van der Waals surface area contributed by atoms with Gasteiger partial charge in [0.25, 0.3) is 11.8 Å². The highest BCUT2D eigenvalue weighted by atomic mass is 32.1. The standard InChI is InChI=1S/C20H22N2O4S/c1-11-7-8-12-16(9-11)27-20(17(12)19(24)21-2)22-18(23)15-10-25-13-5-3-4-6-14(13)26-15/h3-6,11,15H,7-10H2,1-2H3,(H,21,24)(H,22,23)/t11-,15-/m1/s1. The lowest BCUT2D eigenvalue weighted by molar-refractivity contribution is -0.125. The summed E-state index contributed by atoms with van der Waals surface area (Å²) >= 11 is 1.50. The van der Waals surface area contributed by atoms with E-state index in [4.69, 9.17) is 9.47 Å². The SMILES string of the molecule is CNC(=O)c1c(NC(=O)[C@H]2COc3ccccc3O2)sc2c1CC[C@@H](C)C2. The Labute approximate surface area is 161 Å². The molecule has 0 fully saturated rings. The fourth-order valence-corrected chi connectivity index (χ4v) is 4.96. The summed E-state index contributed by atoms with van der Waals surface area (Å²) in [5.41, 5.74) is 1.66. The second-order valence-corrected chi connectivity index (χ2v) is 8.09. The van der Waals surface area contributed by atoms with Crippen LogP contribution in [0.25, 0.3) is 0 Å². The number of carbonyl (C=O) groups is 2. The first kappa shape index (κ1) is 17.9. The first-order valence-corrected chi connectivity index (χ1v) is 9.94. The van der Waals surface area contributed by atoms with E-state index >= 15 is 0 Å². The Hall–Kier alpha value is -2.54. The van der Waals surface area contributed by atoms with Gasteiger partial charge in [-0.1, -0.05) is 19.1 Å². The van der Waals surface area contributed by atoms with Crippen LogP contribution in [-0.2, 0) is 17.6 Å². The molecule has 4 rings (SSSR count). The Morgan fingerprint density at radius 1 is 1.22 bits per heavy atom. The van der Waals surface area contributed by atoms with Crippen LogP contribution in [0.1, 0.15) is 34.1 Å². The number of hydrogen-bond acceptors (Lipinski definition) is 5. The first-order valence-electron chi connectivity index (χ1n) is 9.12. The zero-order valence-corrected chi connectivity index (χ0v) is 16.2. The average Bonchev–Trinajstić information content (AvgIpc) is 3.03. The van der Waals surface area contributed by atoms with Crippen LogP contribution in [0.5, 0.6) is 11.5 Å². The highest BCUT2D eigenvalue weighted by molar-refractivity contribution is 7.17. The normalized spacial score (nSPS) is 20.5. The third-order valence-electron chi connectivity index (χ3n) is 5.00. The van der Waals surface area contributed by atoms with Gasteiger partial charge in [-0.2, -0.15) is 0 Å². The number of benzene rings is 1. The van der Waals surface area contributed by atoms with Gasteiger partial charge in [-0.25, -0.2) is 0 Å². The van der Waals surface area contributed by atoms with Crippen molar-refractivity contribution < 1.29 is 19.1 Å². The molecule has 142 valence electrons. The summed E-state index contributed by atoms with van der Waals surface area (Å²) in [7, 11) is 1.61. The molecule has 6 nitrogen and oxygen atoms in total. The second kappa shape index (κ2) is 7.23. The molecule has 2 amide bonds. The number of carbonyl (C=O) groups excluding carboxylic acids is 2. The van der Waals surface area contributed by atoms with Crippen LogP contribution in [0.4, 0.5) is 5.00 Å². The van der Waals surface area contributed by atoms with Crippen molar-refractivity contribution in [1.29, 1.82) is 0 Å². The smallest absolute Gasteiger partial charge is 0.269 e. The topological polar surface area (TPSA) is 76.7 Å². The van der Waals surface area contributed by atoms with Gasteiger partial charge in [0.15, 0.2) is 11.5 Å². The molecule has 0 spiro atoms. The van der Waals surface area contributed by atoms with Crippen molar-refractivity contribution in [2.24, 2.45) is 5.92 Å². The zero-order chi connectivity index (χ0) is 19.0. The van der Waals surface area contributed by atoms with Crippen molar-refractivity contribution in [2.45, 2.75) is 32.3 Å². The van der Waals surface area contributed by atoms with Gasteiger partial charge < -0.3 is 20.1 Å². The molecule has 1 aromatic heterocycles. The number of anilines is 1. The summed E-state index contributed by atoms with van der Waals surface area (Å²) in [6.45, 7) is 2.35. The van der Waals surface area contributed by atoms with Gasteiger partial charge in [0.1, 0.15) is 11.6 Å². The number of fused-ring (bicyclic) bond motifs is 2. The van der Waals surface area contributed by atoms with Crippen molar-refractivity contribution >= 4 is 28.2 Å². The van der Waals surface area contributed by atoms with Crippen LogP contribution < -0.4 is 20.1 Å². The fraction of sp³-hybridized carbons (Fsp3) is 0.400. The lowest BCUT2D eigenvalue weighted by Crippen LogP contribution is -2.40. The van der Waals surface area contributed by atoms with Crippen LogP contribution in [-0.4, -0.2) is 31.6 Å². The van der Waals surface area contributed by atoms with E-state index in [-0.39, 0.29) is 18.4 Å². The summed E-state index contributed by atoms with van der Waals surface area (Å²) in [5, 5.41) is 6.21. The summed E-state index contributed by atoms with van der Waals surface area (Å²) in [4.78, 5) is 26.4. The van der Waals surface area contributed by atoms with Crippen molar-refractivity contribution in [1.82, 2.24) is 5.32 Å². The summed E-state index contributed by atoms with van der Waals surface area (Å²) in [6, 6.07) is 7.27. The maximum absolute atomic E-state index is 12.8. The molecular weight excluding hydrogens is 364 g/mol. The second-order valence-electron chi connectivity index (χ2n) is 6.99. The number of nitrogens with one attached hydrogen (secondary N) is 2. The first-order chi connectivity index (χ1) is 13.1. The van der Waals surface area contributed by atoms with Crippen LogP contribution >= 0.6 is 11.3 Å². The molecule has 0 radical (unpaired) electrons. The number of ether oxygens (including phenoxy) is 2. The van der Waals surface area contributed by atoms with E-state index in [9.17, 15) is 9.59 Å². The maximum Gasteiger partial charge on any atom is 0.269 e. The van der Waals surface area contributed by atoms with E-state index in [1.807, 2.05) is 18.2 Å². The largest absolute Gasteiger partial charge is 0.485 e. The Morgan fingerprint density at radius 2 is 2.00 bits per heavy atom. The lowest BCUT2D eigenvalue weighted by Gasteiger charge is -2.25. The van der Waals surface area contributed by atoms with Crippen LogP contribution in [0.15, 0.2) is 24.3 Å². The van der Waals surface area contributed by atoms with E-state index in [0.29, 0.717) is 28.0 Å². The average molecular weight is 386 g/mol. The molecular formula is C20H22N2O4S. The van der Waals surface area contributed by atoms with Gasteiger partial charge in [-0.15, -0.1) is 11.3 Å². The van der Waals surface area contributed by atoms with Crippen molar-refractivity contribution in [3.63, 3.8) is 0 Å². The molecule has 1 aliphatic carbocycles. The van der Waals surface area contributed by atoms with Gasteiger partial charge in [-0.3, -0.25) is 9.59 Å². The Morgan fingerprint density at radius 3 is 2.78 bits per heavy atom. The molecule has 2 heterocycles. The molecule has 0 saturated heterocycles. The van der Waals surface area contributed by atoms with E-state index in [0.717, 1.165) is 24.8 Å². The molecule has 0 bridgehead atoms. The predicted octanol–water partition coefficient (Wildman–Crippen LogP) is 3.01.